The topological polar surface area (TPSA) is 121 Å². The number of hydrogen-bond acceptors (Lipinski definition) is 6. The van der Waals surface area contributed by atoms with Gasteiger partial charge in [0.1, 0.15) is 6.04 Å². The maximum Gasteiger partial charge on any atom is 0.417 e. The van der Waals surface area contributed by atoms with Crippen LogP contribution >= 0.6 is 0 Å². The highest BCUT2D eigenvalue weighted by Gasteiger charge is 2.42. The van der Waals surface area contributed by atoms with Crippen molar-refractivity contribution in [1.82, 2.24) is 14.5 Å². The number of amides is 2. The molecule has 0 unspecified atom stereocenters. The Morgan fingerprint density at radius 3 is 2.05 bits per heavy atom. The Labute approximate surface area is 255 Å². The number of benzene rings is 2. The van der Waals surface area contributed by atoms with Crippen LogP contribution < -0.4 is 4.72 Å². The van der Waals surface area contributed by atoms with Gasteiger partial charge in [0.15, 0.2) is 0 Å². The number of carbonyl (C=O) groups is 2. The number of halogens is 3. The van der Waals surface area contributed by atoms with Crippen LogP contribution in [0.1, 0.15) is 63.4 Å². The molecule has 14 heteroatoms. The highest BCUT2D eigenvalue weighted by molar-refractivity contribution is 7.91. The van der Waals surface area contributed by atoms with Crippen LogP contribution in [0, 0.1) is 5.92 Å². The molecule has 240 valence electrons. The lowest BCUT2D eigenvalue weighted by Gasteiger charge is -2.36. The number of piperidine rings is 1. The minimum Gasteiger partial charge on any atom is -0.341 e. The zero-order valence-corrected chi connectivity index (χ0v) is 25.8. The molecule has 9 nitrogen and oxygen atoms in total. The molecule has 2 amide bonds. The van der Waals surface area contributed by atoms with Gasteiger partial charge in [0.05, 0.1) is 20.2 Å². The molecular formula is C30H36F3N3O6S2. The lowest BCUT2D eigenvalue weighted by Crippen LogP contribution is -2.53. The number of likely N-dealkylation sites (tertiary alicyclic amines) is 2. The number of nitrogens with one attached hydrogen (secondary N) is 1. The van der Waals surface area contributed by atoms with Crippen molar-refractivity contribution in [3.05, 3.63) is 54.1 Å². The smallest absolute Gasteiger partial charge is 0.341 e. The largest absolute Gasteiger partial charge is 0.417 e. The van der Waals surface area contributed by atoms with E-state index in [1.165, 1.54) is 24.3 Å². The molecule has 2 heterocycles. The van der Waals surface area contributed by atoms with E-state index in [0.717, 1.165) is 44.6 Å². The molecule has 0 bridgehead atoms. The lowest BCUT2D eigenvalue weighted by atomic mass is 9.88. The quantitative estimate of drug-likeness (QED) is 0.473. The fourth-order valence-electron chi connectivity index (χ4n) is 6.44. The van der Waals surface area contributed by atoms with Crippen LogP contribution in [0.3, 0.4) is 0 Å². The van der Waals surface area contributed by atoms with E-state index < -0.39 is 53.5 Å². The van der Waals surface area contributed by atoms with Crippen molar-refractivity contribution in [2.24, 2.45) is 5.92 Å². The second-order valence-electron chi connectivity index (χ2n) is 11.7. The zero-order chi connectivity index (χ0) is 31.7. The standard InChI is InChI=1S/C30H36F3N3O6S2/c31-30(32,33)25-14-13-24(43(39,40)23-10-5-2-6-11-23)20-27(25)44(41,42)34-22-15-18-35(19-16-22)29(38)26-12-7-17-36(26)28(37)21-8-3-1-4-9-21/h2,5-6,10-11,13-14,20-22,26,34H,1,3-4,7-9,12,15-19H2/t26-/m1/s1. The maximum absolute atomic E-state index is 13.9. The van der Waals surface area contributed by atoms with E-state index in [0.29, 0.717) is 25.1 Å². The maximum atomic E-state index is 13.9. The summed E-state index contributed by atoms with van der Waals surface area (Å²) in [6.45, 7) is 0.869. The molecule has 1 N–H and O–H groups in total. The van der Waals surface area contributed by atoms with E-state index in [-0.39, 0.29) is 48.6 Å². The SMILES string of the molecule is O=C([C@H]1CCCN1C(=O)C1CCCCC1)N1CCC(NS(=O)(=O)c2cc(S(=O)(=O)c3ccccc3)ccc2C(F)(F)F)CC1. The number of nitrogens with zero attached hydrogens (tertiary/aromatic N) is 2. The Morgan fingerprint density at radius 2 is 1.41 bits per heavy atom. The Kier molecular flexibility index (Phi) is 9.43. The Balaban J connectivity index is 1.28. The third-order valence-corrected chi connectivity index (χ3v) is 12.1. The van der Waals surface area contributed by atoms with Crippen molar-refractivity contribution in [2.45, 2.75) is 90.7 Å². The van der Waals surface area contributed by atoms with Crippen LogP contribution in [0.2, 0.25) is 0 Å². The van der Waals surface area contributed by atoms with Crippen LogP contribution in [-0.4, -0.2) is 70.2 Å². The number of hydrogen-bond donors (Lipinski definition) is 1. The van der Waals surface area contributed by atoms with Crippen LogP contribution in [0.5, 0.6) is 0 Å². The van der Waals surface area contributed by atoms with Gasteiger partial charge in [-0.3, -0.25) is 9.59 Å². The summed E-state index contributed by atoms with van der Waals surface area (Å²) in [6, 6.07) is 7.45. The molecule has 3 aliphatic rings. The summed E-state index contributed by atoms with van der Waals surface area (Å²) in [5, 5.41) is 0. The Bertz CT molecular complexity index is 1590. The molecular weight excluding hydrogens is 619 g/mol. The van der Waals surface area contributed by atoms with Gasteiger partial charge in [-0.15, -0.1) is 0 Å². The minimum atomic E-state index is -5.06. The number of alkyl halides is 3. The van der Waals surface area contributed by atoms with Crippen molar-refractivity contribution >= 4 is 31.7 Å². The molecule has 0 spiro atoms. The van der Waals surface area contributed by atoms with Crippen molar-refractivity contribution in [1.29, 1.82) is 0 Å². The van der Waals surface area contributed by atoms with Gasteiger partial charge in [0, 0.05) is 31.6 Å². The van der Waals surface area contributed by atoms with Crippen molar-refractivity contribution < 1.29 is 39.6 Å². The summed E-state index contributed by atoms with van der Waals surface area (Å²) in [7, 11) is -9.11. The van der Waals surface area contributed by atoms with E-state index in [1.807, 2.05) is 0 Å². The van der Waals surface area contributed by atoms with Gasteiger partial charge in [-0.1, -0.05) is 37.5 Å². The first-order valence-corrected chi connectivity index (χ1v) is 17.9. The summed E-state index contributed by atoms with van der Waals surface area (Å²) in [5.41, 5.74) is -1.48. The fourth-order valence-corrected chi connectivity index (χ4v) is 9.38. The number of carbonyl (C=O) groups excluding carboxylic acids is 2. The summed E-state index contributed by atoms with van der Waals surface area (Å²) in [4.78, 5) is 27.9. The second kappa shape index (κ2) is 12.8. The average Bonchev–Trinajstić information content (AvgIpc) is 3.51. The van der Waals surface area contributed by atoms with Crippen LogP contribution in [0.25, 0.3) is 0 Å². The normalized spacial score (nSPS) is 21.0. The van der Waals surface area contributed by atoms with E-state index in [9.17, 15) is 39.6 Å². The van der Waals surface area contributed by atoms with Gasteiger partial charge in [-0.25, -0.2) is 21.6 Å². The summed E-state index contributed by atoms with van der Waals surface area (Å²) >= 11 is 0. The molecule has 2 aromatic rings. The number of sulfonamides is 1. The first kappa shape index (κ1) is 32.4. The molecule has 2 aromatic carbocycles. The molecule has 2 saturated heterocycles. The number of sulfone groups is 1. The van der Waals surface area contributed by atoms with Crippen LogP contribution in [-0.2, 0) is 35.6 Å². The monoisotopic (exact) mass is 655 g/mol. The van der Waals surface area contributed by atoms with Gasteiger partial charge in [0.2, 0.25) is 31.7 Å². The minimum absolute atomic E-state index is 0.0279. The summed E-state index contributed by atoms with van der Waals surface area (Å²) in [6.07, 6.45) is 1.32. The van der Waals surface area contributed by atoms with Crippen molar-refractivity contribution in [2.75, 3.05) is 19.6 Å². The highest BCUT2D eigenvalue weighted by atomic mass is 32.2. The molecule has 44 heavy (non-hydrogen) atoms. The van der Waals surface area contributed by atoms with E-state index in [4.69, 9.17) is 0 Å². The molecule has 2 aliphatic heterocycles. The highest BCUT2D eigenvalue weighted by Crippen LogP contribution is 2.37. The van der Waals surface area contributed by atoms with Crippen LogP contribution in [0.15, 0.2) is 63.2 Å². The van der Waals surface area contributed by atoms with Gasteiger partial charge < -0.3 is 9.80 Å². The predicted octanol–water partition coefficient (Wildman–Crippen LogP) is 4.38. The van der Waals surface area contributed by atoms with Crippen LogP contribution in [0.4, 0.5) is 13.2 Å². The zero-order valence-electron chi connectivity index (χ0n) is 24.1. The Hall–Kier alpha value is -2.97. The van der Waals surface area contributed by atoms with E-state index in [2.05, 4.69) is 4.72 Å². The molecule has 0 radical (unpaired) electrons. The molecule has 3 fully saturated rings. The van der Waals surface area contributed by atoms with Gasteiger partial charge in [0.25, 0.3) is 0 Å². The van der Waals surface area contributed by atoms with Gasteiger partial charge in [-0.05, 0) is 68.9 Å². The molecule has 1 saturated carbocycles. The summed E-state index contributed by atoms with van der Waals surface area (Å²) < 4.78 is 96.8. The van der Waals surface area contributed by atoms with Crippen molar-refractivity contribution in [3.8, 4) is 0 Å². The van der Waals surface area contributed by atoms with Gasteiger partial charge in [-0.2, -0.15) is 13.2 Å². The third-order valence-electron chi connectivity index (χ3n) is 8.82. The van der Waals surface area contributed by atoms with E-state index >= 15 is 0 Å². The summed E-state index contributed by atoms with van der Waals surface area (Å²) in [5.74, 6) is -0.216. The predicted molar refractivity (Wildman–Crippen MR) is 155 cm³/mol. The molecule has 5 rings (SSSR count). The lowest BCUT2D eigenvalue weighted by molar-refractivity contribution is -0.147. The first-order valence-electron chi connectivity index (χ1n) is 14.9. The number of rotatable bonds is 7. The molecule has 1 atom stereocenters. The molecule has 0 aromatic heterocycles. The fraction of sp³-hybridized carbons (Fsp3) is 0.533. The van der Waals surface area contributed by atoms with Gasteiger partial charge >= 0.3 is 6.18 Å². The van der Waals surface area contributed by atoms with Crippen molar-refractivity contribution in [3.63, 3.8) is 0 Å². The molecule has 1 aliphatic carbocycles. The second-order valence-corrected chi connectivity index (χ2v) is 15.3. The first-order chi connectivity index (χ1) is 20.8. The Morgan fingerprint density at radius 1 is 0.750 bits per heavy atom. The van der Waals surface area contributed by atoms with E-state index in [1.54, 1.807) is 15.9 Å². The third kappa shape index (κ3) is 6.81. The average molecular weight is 656 g/mol.